The van der Waals surface area contributed by atoms with Gasteiger partial charge < -0.3 is 0 Å². The Kier molecular flexibility index (Phi) is 3.20. The SMILES string of the molecule is CCc1ncc(Br)c(C(C)C)n1. The number of aryl methyl sites for hydroxylation is 1. The van der Waals surface area contributed by atoms with E-state index in [1.54, 1.807) is 0 Å². The first-order valence-electron chi connectivity index (χ1n) is 4.16. The molecule has 0 aromatic carbocycles. The maximum Gasteiger partial charge on any atom is 0.128 e. The van der Waals surface area contributed by atoms with Crippen molar-refractivity contribution in [3.05, 3.63) is 22.2 Å². The van der Waals surface area contributed by atoms with Crippen LogP contribution in [0.15, 0.2) is 10.7 Å². The minimum Gasteiger partial charge on any atom is -0.240 e. The smallest absolute Gasteiger partial charge is 0.128 e. The van der Waals surface area contributed by atoms with Gasteiger partial charge in [0.05, 0.1) is 10.2 Å². The van der Waals surface area contributed by atoms with Crippen LogP contribution in [0.1, 0.15) is 38.2 Å². The summed E-state index contributed by atoms with van der Waals surface area (Å²) in [6.45, 7) is 6.33. The summed E-state index contributed by atoms with van der Waals surface area (Å²) in [5.41, 5.74) is 1.10. The van der Waals surface area contributed by atoms with Crippen LogP contribution in [0.25, 0.3) is 0 Å². The van der Waals surface area contributed by atoms with E-state index < -0.39 is 0 Å². The summed E-state index contributed by atoms with van der Waals surface area (Å²) in [5, 5.41) is 0. The number of nitrogens with zero attached hydrogens (tertiary/aromatic N) is 2. The average Bonchev–Trinajstić information content (AvgIpc) is 2.05. The van der Waals surface area contributed by atoms with Crippen molar-refractivity contribution in [3.63, 3.8) is 0 Å². The van der Waals surface area contributed by atoms with Crippen molar-refractivity contribution in [2.45, 2.75) is 33.1 Å². The van der Waals surface area contributed by atoms with E-state index in [0.29, 0.717) is 5.92 Å². The molecule has 1 heterocycles. The maximum absolute atomic E-state index is 4.43. The molecule has 0 aliphatic carbocycles. The summed E-state index contributed by atoms with van der Waals surface area (Å²) in [7, 11) is 0. The van der Waals surface area contributed by atoms with Crippen LogP contribution in [0.3, 0.4) is 0 Å². The third-order valence-electron chi connectivity index (χ3n) is 1.68. The molecule has 0 aliphatic rings. The van der Waals surface area contributed by atoms with Crippen molar-refractivity contribution in [2.75, 3.05) is 0 Å². The first kappa shape index (κ1) is 9.65. The van der Waals surface area contributed by atoms with Gasteiger partial charge in [-0.15, -0.1) is 0 Å². The van der Waals surface area contributed by atoms with Crippen molar-refractivity contribution in [1.29, 1.82) is 0 Å². The summed E-state index contributed by atoms with van der Waals surface area (Å²) in [5.74, 6) is 1.37. The van der Waals surface area contributed by atoms with Gasteiger partial charge in [0.15, 0.2) is 0 Å². The Balaban J connectivity index is 3.08. The standard InChI is InChI=1S/C9H13BrN2/c1-4-8-11-5-7(10)9(12-8)6(2)3/h5-6H,4H2,1-3H3. The van der Waals surface area contributed by atoms with Gasteiger partial charge in [-0.1, -0.05) is 20.8 Å². The van der Waals surface area contributed by atoms with Crippen LogP contribution < -0.4 is 0 Å². The van der Waals surface area contributed by atoms with Crippen molar-refractivity contribution in [2.24, 2.45) is 0 Å². The molecule has 1 rings (SSSR count). The van der Waals surface area contributed by atoms with E-state index in [0.717, 1.165) is 22.4 Å². The number of rotatable bonds is 2. The van der Waals surface area contributed by atoms with E-state index in [1.807, 2.05) is 6.20 Å². The van der Waals surface area contributed by atoms with Crippen LogP contribution in [0.2, 0.25) is 0 Å². The molecule has 1 aromatic rings. The molecule has 0 radical (unpaired) electrons. The zero-order valence-electron chi connectivity index (χ0n) is 7.63. The highest BCUT2D eigenvalue weighted by Crippen LogP contribution is 2.21. The molecule has 0 N–H and O–H groups in total. The van der Waals surface area contributed by atoms with Gasteiger partial charge in [0, 0.05) is 12.6 Å². The maximum atomic E-state index is 4.43. The van der Waals surface area contributed by atoms with Gasteiger partial charge in [-0.05, 0) is 21.8 Å². The van der Waals surface area contributed by atoms with Crippen molar-refractivity contribution in [3.8, 4) is 0 Å². The summed E-state index contributed by atoms with van der Waals surface area (Å²) in [6, 6.07) is 0. The van der Waals surface area contributed by atoms with Gasteiger partial charge in [-0.25, -0.2) is 9.97 Å². The lowest BCUT2D eigenvalue weighted by Gasteiger charge is -2.07. The molecule has 66 valence electrons. The monoisotopic (exact) mass is 228 g/mol. The van der Waals surface area contributed by atoms with Gasteiger partial charge >= 0.3 is 0 Å². The van der Waals surface area contributed by atoms with Gasteiger partial charge in [-0.2, -0.15) is 0 Å². The highest BCUT2D eigenvalue weighted by Gasteiger charge is 2.07. The molecular weight excluding hydrogens is 216 g/mol. The fraction of sp³-hybridized carbons (Fsp3) is 0.556. The zero-order chi connectivity index (χ0) is 9.14. The number of aromatic nitrogens is 2. The van der Waals surface area contributed by atoms with Crippen molar-refractivity contribution in [1.82, 2.24) is 9.97 Å². The third kappa shape index (κ3) is 2.03. The highest BCUT2D eigenvalue weighted by atomic mass is 79.9. The first-order valence-corrected chi connectivity index (χ1v) is 4.95. The summed E-state index contributed by atoms with van der Waals surface area (Å²) in [6.07, 6.45) is 2.73. The van der Waals surface area contributed by atoms with Gasteiger partial charge in [-0.3, -0.25) is 0 Å². The van der Waals surface area contributed by atoms with Gasteiger partial charge in [0.1, 0.15) is 5.82 Å². The Labute approximate surface area is 81.6 Å². The molecule has 1 aromatic heterocycles. The second-order valence-electron chi connectivity index (χ2n) is 3.03. The summed E-state index contributed by atoms with van der Waals surface area (Å²) < 4.78 is 1.01. The molecule has 0 aliphatic heterocycles. The Hall–Kier alpha value is -0.440. The fourth-order valence-corrected chi connectivity index (χ4v) is 1.64. The van der Waals surface area contributed by atoms with Gasteiger partial charge in [0.25, 0.3) is 0 Å². The molecule has 0 saturated heterocycles. The molecule has 0 bridgehead atoms. The van der Waals surface area contributed by atoms with Crippen molar-refractivity contribution >= 4 is 15.9 Å². The quantitative estimate of drug-likeness (QED) is 0.779. The van der Waals surface area contributed by atoms with Crippen molar-refractivity contribution < 1.29 is 0 Å². The molecule has 0 fully saturated rings. The lowest BCUT2D eigenvalue weighted by Crippen LogP contribution is -2.00. The van der Waals surface area contributed by atoms with Gasteiger partial charge in [0.2, 0.25) is 0 Å². The van der Waals surface area contributed by atoms with E-state index >= 15 is 0 Å². The summed E-state index contributed by atoms with van der Waals surface area (Å²) >= 11 is 3.44. The fourth-order valence-electron chi connectivity index (χ4n) is 0.994. The van der Waals surface area contributed by atoms with Crippen LogP contribution in [0.4, 0.5) is 0 Å². The third-order valence-corrected chi connectivity index (χ3v) is 2.30. The minimum absolute atomic E-state index is 0.452. The van der Waals surface area contributed by atoms with E-state index in [-0.39, 0.29) is 0 Å². The largest absolute Gasteiger partial charge is 0.240 e. The normalized spacial score (nSPS) is 10.8. The van der Waals surface area contributed by atoms with E-state index in [2.05, 4.69) is 46.7 Å². The molecule has 0 unspecified atom stereocenters. The van der Waals surface area contributed by atoms with Crippen LogP contribution in [0.5, 0.6) is 0 Å². The number of halogens is 1. The molecule has 0 amide bonds. The molecule has 3 heteroatoms. The van der Waals surface area contributed by atoms with E-state index in [9.17, 15) is 0 Å². The average molecular weight is 229 g/mol. The zero-order valence-corrected chi connectivity index (χ0v) is 9.22. The molecule has 0 spiro atoms. The Morgan fingerprint density at radius 1 is 1.50 bits per heavy atom. The second kappa shape index (κ2) is 3.99. The predicted molar refractivity (Wildman–Crippen MR) is 53.2 cm³/mol. The highest BCUT2D eigenvalue weighted by molar-refractivity contribution is 9.10. The Bertz CT molecular complexity index is 271. The van der Waals surface area contributed by atoms with Crippen LogP contribution >= 0.6 is 15.9 Å². The lowest BCUT2D eigenvalue weighted by molar-refractivity contribution is 0.779. The van der Waals surface area contributed by atoms with Crippen LogP contribution in [-0.4, -0.2) is 9.97 Å². The minimum atomic E-state index is 0.452. The Morgan fingerprint density at radius 3 is 2.67 bits per heavy atom. The molecule has 0 atom stereocenters. The van der Waals surface area contributed by atoms with E-state index in [4.69, 9.17) is 0 Å². The number of hydrogen-bond donors (Lipinski definition) is 0. The first-order chi connectivity index (χ1) is 5.65. The van der Waals surface area contributed by atoms with Crippen LogP contribution in [-0.2, 0) is 6.42 Å². The van der Waals surface area contributed by atoms with E-state index in [1.165, 1.54) is 0 Å². The molecular formula is C9H13BrN2. The molecule has 0 saturated carbocycles. The summed E-state index contributed by atoms with van der Waals surface area (Å²) in [4.78, 5) is 8.61. The molecule has 2 nitrogen and oxygen atoms in total. The topological polar surface area (TPSA) is 25.8 Å². The second-order valence-corrected chi connectivity index (χ2v) is 3.88. The van der Waals surface area contributed by atoms with Crippen LogP contribution in [0, 0.1) is 0 Å². The number of hydrogen-bond acceptors (Lipinski definition) is 2. The molecule has 12 heavy (non-hydrogen) atoms. The predicted octanol–water partition coefficient (Wildman–Crippen LogP) is 2.92. The Morgan fingerprint density at radius 2 is 2.17 bits per heavy atom. The lowest BCUT2D eigenvalue weighted by atomic mass is 10.1.